The average molecular weight is 717 g/mol. The van der Waals surface area contributed by atoms with Crippen LogP contribution in [0.2, 0.25) is 0 Å². The highest BCUT2D eigenvalue weighted by molar-refractivity contribution is 5.84. The minimum absolute atomic E-state index is 0.970. The summed E-state index contributed by atoms with van der Waals surface area (Å²) in [6, 6.07) is 0. The third-order valence-electron chi connectivity index (χ3n) is 4.45. The zero-order valence-electron chi connectivity index (χ0n) is 26.1. The van der Waals surface area contributed by atoms with Gasteiger partial charge in [-0.3, -0.25) is 0 Å². The van der Waals surface area contributed by atoms with E-state index in [4.69, 9.17) is 10.2 Å². The van der Waals surface area contributed by atoms with Gasteiger partial charge in [0.15, 0.2) is 38.6 Å². The molecule has 0 rings (SSSR count). The molecule has 0 aromatic rings. The van der Waals surface area contributed by atoms with Crippen molar-refractivity contribution in [1.82, 2.24) is 0 Å². The Balaban J connectivity index is 3.97. The first kappa shape index (κ1) is 43.2. The average Bonchev–Trinajstić information content (AvgIpc) is 3.03. The molecule has 24 nitrogen and oxygen atoms in total. The van der Waals surface area contributed by atoms with Crippen LogP contribution >= 0.6 is 0 Å². The number of aliphatic hydroxyl groups excluding tert-OH is 2. The molecule has 0 aliphatic carbocycles. The van der Waals surface area contributed by atoms with Crippen LogP contribution in [0.25, 0.3) is 0 Å². The van der Waals surface area contributed by atoms with E-state index in [0.29, 0.717) is 0 Å². The van der Waals surface area contributed by atoms with Gasteiger partial charge in [-0.25, -0.2) is 47.9 Å². The molecular weight excluding hydrogens is 684 g/mol. The van der Waals surface area contributed by atoms with E-state index in [2.05, 4.69) is 56.8 Å². The fraction of sp³-hybridized carbons (Fsp3) is 0.600. The smallest absolute Gasteiger partial charge is 0.451 e. The van der Waals surface area contributed by atoms with Gasteiger partial charge in [0.25, 0.3) is 0 Å². The van der Waals surface area contributed by atoms with Crippen LogP contribution in [0.1, 0.15) is 27.7 Å². The van der Waals surface area contributed by atoms with E-state index < -0.39 is 131 Å². The van der Waals surface area contributed by atoms with E-state index in [1.54, 1.807) is 0 Å². The van der Waals surface area contributed by atoms with E-state index in [9.17, 15) is 47.9 Å². The maximum atomic E-state index is 11.6. The van der Waals surface area contributed by atoms with Gasteiger partial charge in [-0.05, 0) is 27.7 Å². The van der Waals surface area contributed by atoms with Crippen molar-refractivity contribution in [1.29, 1.82) is 0 Å². The third-order valence-corrected chi connectivity index (χ3v) is 4.45. The monoisotopic (exact) mass is 716 g/mol. The predicted octanol–water partition coefficient (Wildman–Crippen LogP) is -2.95. The van der Waals surface area contributed by atoms with Crippen molar-refractivity contribution in [2.45, 2.75) is 52.1 Å². The summed E-state index contributed by atoms with van der Waals surface area (Å²) in [7, 11) is 0. The summed E-state index contributed by atoms with van der Waals surface area (Å²) in [6.07, 6.45) is -8.92. The number of hydrogen-bond donors (Lipinski definition) is 2. The van der Waals surface area contributed by atoms with Crippen molar-refractivity contribution in [2.75, 3.05) is 46.8 Å². The van der Waals surface area contributed by atoms with Crippen LogP contribution in [0, 0.1) is 0 Å². The van der Waals surface area contributed by atoms with Crippen molar-refractivity contribution in [3.63, 3.8) is 0 Å². The minimum atomic E-state index is -1.51. The zero-order valence-corrected chi connectivity index (χ0v) is 26.1. The highest BCUT2D eigenvalue weighted by Crippen LogP contribution is 2.01. The summed E-state index contributed by atoms with van der Waals surface area (Å²) in [5.74, 6) is -9.35. The van der Waals surface area contributed by atoms with E-state index in [1.165, 1.54) is 0 Å². The fourth-order valence-electron chi connectivity index (χ4n) is 2.08. The number of carbonyl (C=O) groups excluding carboxylic acids is 10. The van der Waals surface area contributed by atoms with Gasteiger partial charge in [-0.1, -0.05) is 0 Å². The van der Waals surface area contributed by atoms with Crippen molar-refractivity contribution in [3.05, 3.63) is 0 Å². The lowest BCUT2D eigenvalue weighted by atomic mass is 10.4. The molecule has 24 heteroatoms. The molecule has 0 spiro atoms. The molecule has 0 saturated carbocycles. The number of ether oxygens (including phenoxy) is 12. The largest absolute Gasteiger partial charge is 0.514 e. The van der Waals surface area contributed by atoms with Crippen molar-refractivity contribution in [3.8, 4) is 0 Å². The Hall–Kier alpha value is -5.78. The highest BCUT2D eigenvalue weighted by atomic mass is 16.9. The van der Waals surface area contributed by atoms with Crippen molar-refractivity contribution in [2.24, 2.45) is 0 Å². The van der Waals surface area contributed by atoms with E-state index in [0.717, 1.165) is 27.7 Å². The zero-order chi connectivity index (χ0) is 37.5. The summed E-state index contributed by atoms with van der Waals surface area (Å²) in [5, 5.41) is 18.0. The Kier molecular flexibility index (Phi) is 20.8. The van der Waals surface area contributed by atoms with Crippen LogP contribution in [0.3, 0.4) is 0 Å². The quantitative estimate of drug-likeness (QED) is 0.0722. The fourth-order valence-corrected chi connectivity index (χ4v) is 2.08. The second-order valence-electron chi connectivity index (χ2n) is 8.51. The molecule has 49 heavy (non-hydrogen) atoms. The second kappa shape index (κ2) is 23.5. The summed E-state index contributed by atoms with van der Waals surface area (Å²) < 4.78 is 53.0. The molecule has 0 saturated heterocycles. The number of rotatable bonds is 20. The van der Waals surface area contributed by atoms with Gasteiger partial charge in [-0.2, -0.15) is 0 Å². The number of carbonyl (C=O) groups is 10. The number of hydrogen-bond acceptors (Lipinski definition) is 24. The SMILES string of the molecule is CC(O)C(=O)OC(C)C(=O)OCC(=O)OCC(=O)OCOC(=O)OCOC(=O)OCOC(=O)COC(=O)COC(=O)C(C)OC(=O)C(C)O. The first-order valence-electron chi connectivity index (χ1n) is 13.2. The minimum Gasteiger partial charge on any atom is -0.451 e. The highest BCUT2D eigenvalue weighted by Gasteiger charge is 2.24. The van der Waals surface area contributed by atoms with E-state index >= 15 is 0 Å². The second-order valence-corrected chi connectivity index (χ2v) is 8.51. The maximum absolute atomic E-state index is 11.6. The van der Waals surface area contributed by atoms with Crippen molar-refractivity contribution < 1.29 is 115 Å². The van der Waals surface area contributed by atoms with Gasteiger partial charge in [0.05, 0.1) is 0 Å². The van der Waals surface area contributed by atoms with Gasteiger partial charge in [0.1, 0.15) is 12.2 Å². The molecule has 0 fully saturated rings. The number of esters is 8. The first-order chi connectivity index (χ1) is 22.9. The van der Waals surface area contributed by atoms with Gasteiger partial charge >= 0.3 is 60.1 Å². The van der Waals surface area contributed by atoms with Crippen LogP contribution in [0.5, 0.6) is 0 Å². The molecule has 276 valence electrons. The van der Waals surface area contributed by atoms with Crippen LogP contribution in [0.15, 0.2) is 0 Å². The molecular formula is C25H32O24. The molecule has 0 heterocycles. The molecule has 4 atom stereocenters. The molecule has 0 aromatic carbocycles. The number of aliphatic hydroxyl groups is 2. The Labute approximate surface area is 274 Å². The summed E-state index contributed by atoms with van der Waals surface area (Å²) in [5.41, 5.74) is 0. The van der Waals surface area contributed by atoms with Gasteiger partial charge in [0.2, 0.25) is 20.4 Å². The van der Waals surface area contributed by atoms with E-state index in [1.807, 2.05) is 0 Å². The van der Waals surface area contributed by atoms with E-state index in [-0.39, 0.29) is 0 Å². The van der Waals surface area contributed by atoms with Gasteiger partial charge in [0, 0.05) is 0 Å². The summed E-state index contributed by atoms with van der Waals surface area (Å²) >= 11 is 0. The van der Waals surface area contributed by atoms with Gasteiger partial charge < -0.3 is 67.1 Å². The molecule has 4 unspecified atom stereocenters. The third kappa shape index (κ3) is 21.6. The Morgan fingerprint density at radius 1 is 0.388 bits per heavy atom. The Bertz CT molecular complexity index is 1100. The molecule has 0 radical (unpaired) electrons. The maximum Gasteiger partial charge on any atom is 0.514 e. The first-order valence-corrected chi connectivity index (χ1v) is 13.2. The molecule has 0 aliphatic rings. The Morgan fingerprint density at radius 2 is 0.653 bits per heavy atom. The Morgan fingerprint density at radius 3 is 0.959 bits per heavy atom. The molecule has 0 bridgehead atoms. The summed E-state index contributed by atoms with van der Waals surface area (Å²) in [4.78, 5) is 114. The molecule has 0 aromatic heterocycles. The van der Waals surface area contributed by atoms with Crippen LogP contribution in [0.4, 0.5) is 9.59 Å². The lowest BCUT2D eigenvalue weighted by Gasteiger charge is -2.13. The van der Waals surface area contributed by atoms with Crippen LogP contribution in [-0.4, -0.2) is 142 Å². The summed E-state index contributed by atoms with van der Waals surface area (Å²) in [6.45, 7) is -2.67. The standard InChI is InChI=1S/C25H32O24/c1-12(26)20(32)48-14(3)22(34)40-7-16(28)38-5-18(30)42-9-44-24(36)46-11-47-25(37)45-10-43-19(31)6-39-17(29)8-41-23(35)15(4)49-21(33)13(2)27/h12-15,26-27H,5-11H2,1-4H3. The molecule has 0 amide bonds. The molecule has 2 N–H and O–H groups in total. The normalized spacial score (nSPS) is 12.5. The lowest BCUT2D eigenvalue weighted by Crippen LogP contribution is -2.32. The lowest BCUT2D eigenvalue weighted by molar-refractivity contribution is -0.176. The van der Waals surface area contributed by atoms with Crippen LogP contribution < -0.4 is 0 Å². The predicted molar refractivity (Wildman–Crippen MR) is 140 cm³/mol. The van der Waals surface area contributed by atoms with Gasteiger partial charge in [-0.15, -0.1) is 0 Å². The van der Waals surface area contributed by atoms with Crippen LogP contribution in [-0.2, 0) is 95.2 Å². The topological polar surface area (TPSA) is 322 Å². The van der Waals surface area contributed by atoms with Crippen molar-refractivity contribution >= 4 is 60.1 Å². The molecule has 0 aliphatic heterocycles.